The smallest absolute Gasteiger partial charge is 0.291 e. The molecule has 0 aliphatic carbocycles. The van der Waals surface area contributed by atoms with Crippen molar-refractivity contribution in [3.8, 4) is 5.75 Å². The SMILES string of the molecule is CCCOc1cccc(C2c3c(oc4ccc(Cl)cc4c3=O)C(=O)N2Cc2ccco2)c1. The molecule has 32 heavy (non-hydrogen) atoms. The molecule has 0 fully saturated rings. The average molecular weight is 450 g/mol. The highest BCUT2D eigenvalue weighted by atomic mass is 35.5. The normalized spacial score (nSPS) is 15.4. The zero-order valence-electron chi connectivity index (χ0n) is 17.3. The van der Waals surface area contributed by atoms with Crippen molar-refractivity contribution in [1.82, 2.24) is 4.90 Å². The van der Waals surface area contributed by atoms with E-state index in [4.69, 9.17) is 25.2 Å². The largest absolute Gasteiger partial charge is 0.494 e. The average Bonchev–Trinajstić information content (AvgIpc) is 3.41. The lowest BCUT2D eigenvalue weighted by atomic mass is 9.98. The van der Waals surface area contributed by atoms with E-state index in [0.717, 1.165) is 12.0 Å². The van der Waals surface area contributed by atoms with Crippen LogP contribution in [0.15, 0.2) is 74.5 Å². The van der Waals surface area contributed by atoms with Gasteiger partial charge >= 0.3 is 0 Å². The second-order valence-corrected chi connectivity index (χ2v) is 8.09. The van der Waals surface area contributed by atoms with Crippen molar-refractivity contribution >= 4 is 28.5 Å². The van der Waals surface area contributed by atoms with Crippen molar-refractivity contribution in [1.29, 1.82) is 0 Å². The van der Waals surface area contributed by atoms with Crippen molar-refractivity contribution in [2.45, 2.75) is 25.9 Å². The standard InChI is InChI=1S/C25H20ClNO5/c1-2-10-30-17-6-3-5-15(12-17)22-21-23(28)19-13-16(26)8-9-20(19)32-24(21)25(29)27(22)14-18-7-4-11-31-18/h3-9,11-13,22H,2,10,14H2,1H3. The Kier molecular flexibility index (Phi) is 5.23. The molecule has 0 radical (unpaired) electrons. The predicted molar refractivity (Wildman–Crippen MR) is 120 cm³/mol. The van der Waals surface area contributed by atoms with E-state index in [0.29, 0.717) is 39.7 Å². The molecular formula is C25H20ClNO5. The third-order valence-corrected chi connectivity index (χ3v) is 5.72. The number of amides is 1. The van der Waals surface area contributed by atoms with Crippen molar-refractivity contribution in [2.75, 3.05) is 6.61 Å². The number of rotatable bonds is 6. The van der Waals surface area contributed by atoms with E-state index in [1.54, 1.807) is 41.5 Å². The van der Waals surface area contributed by atoms with Crippen molar-refractivity contribution < 1.29 is 18.4 Å². The molecule has 1 aliphatic heterocycles. The summed E-state index contributed by atoms with van der Waals surface area (Å²) in [7, 11) is 0. The minimum Gasteiger partial charge on any atom is -0.494 e. The Morgan fingerprint density at radius 3 is 2.75 bits per heavy atom. The Morgan fingerprint density at radius 2 is 1.97 bits per heavy atom. The summed E-state index contributed by atoms with van der Waals surface area (Å²) in [5, 5.41) is 0.764. The molecule has 0 bridgehead atoms. The monoisotopic (exact) mass is 449 g/mol. The Morgan fingerprint density at radius 1 is 1.09 bits per heavy atom. The molecule has 0 N–H and O–H groups in total. The summed E-state index contributed by atoms with van der Waals surface area (Å²) < 4.78 is 17.2. The number of fused-ring (bicyclic) bond motifs is 2. The number of nitrogens with zero attached hydrogens (tertiary/aromatic N) is 1. The van der Waals surface area contributed by atoms with Gasteiger partial charge in [-0.2, -0.15) is 0 Å². The number of benzene rings is 2. The third kappa shape index (κ3) is 3.46. The van der Waals surface area contributed by atoms with Crippen LogP contribution in [0.25, 0.3) is 11.0 Å². The van der Waals surface area contributed by atoms with Gasteiger partial charge in [-0.05, 0) is 54.4 Å². The number of halogens is 1. The summed E-state index contributed by atoms with van der Waals surface area (Å²) in [5.41, 5.74) is 1.10. The van der Waals surface area contributed by atoms with Crippen LogP contribution in [-0.4, -0.2) is 17.4 Å². The summed E-state index contributed by atoms with van der Waals surface area (Å²) >= 11 is 6.13. The minimum absolute atomic E-state index is 0.0428. The summed E-state index contributed by atoms with van der Waals surface area (Å²) in [6, 6.07) is 15.2. The molecule has 162 valence electrons. The lowest BCUT2D eigenvalue weighted by Crippen LogP contribution is -2.29. The van der Waals surface area contributed by atoms with Gasteiger partial charge in [0.05, 0.1) is 36.4 Å². The molecule has 1 unspecified atom stereocenters. The fourth-order valence-corrected chi connectivity index (χ4v) is 4.24. The molecule has 2 aromatic heterocycles. The molecule has 1 amide bonds. The summed E-state index contributed by atoms with van der Waals surface area (Å²) in [6.07, 6.45) is 2.42. The molecule has 1 atom stereocenters. The number of hydrogen-bond acceptors (Lipinski definition) is 5. The van der Waals surface area contributed by atoms with E-state index in [9.17, 15) is 9.59 Å². The Bertz CT molecular complexity index is 1360. The third-order valence-electron chi connectivity index (χ3n) is 5.48. The van der Waals surface area contributed by atoms with Gasteiger partial charge in [0.1, 0.15) is 17.1 Å². The highest BCUT2D eigenvalue weighted by Crippen LogP contribution is 2.40. The number of ether oxygens (including phenoxy) is 1. The van der Waals surface area contributed by atoms with E-state index < -0.39 is 6.04 Å². The number of carbonyl (C=O) groups is 1. The van der Waals surface area contributed by atoms with Gasteiger partial charge in [0, 0.05) is 5.02 Å². The van der Waals surface area contributed by atoms with Crippen LogP contribution in [-0.2, 0) is 6.54 Å². The maximum Gasteiger partial charge on any atom is 0.291 e. The van der Waals surface area contributed by atoms with Crippen LogP contribution >= 0.6 is 11.6 Å². The highest BCUT2D eigenvalue weighted by Gasteiger charge is 2.43. The first-order valence-electron chi connectivity index (χ1n) is 10.4. The van der Waals surface area contributed by atoms with Crippen molar-refractivity contribution in [2.24, 2.45) is 0 Å². The number of carbonyl (C=O) groups excluding carboxylic acids is 1. The van der Waals surface area contributed by atoms with Gasteiger partial charge in [-0.3, -0.25) is 9.59 Å². The Hall–Kier alpha value is -3.51. The maximum absolute atomic E-state index is 13.6. The fourth-order valence-electron chi connectivity index (χ4n) is 4.07. The van der Waals surface area contributed by atoms with Crippen LogP contribution in [0.5, 0.6) is 5.75 Å². The maximum atomic E-state index is 13.6. The van der Waals surface area contributed by atoms with Crippen LogP contribution in [0.2, 0.25) is 5.02 Å². The van der Waals surface area contributed by atoms with Crippen LogP contribution in [0.3, 0.4) is 0 Å². The van der Waals surface area contributed by atoms with Crippen LogP contribution in [0, 0.1) is 0 Å². The second kappa shape index (κ2) is 8.20. The molecule has 1 aliphatic rings. The summed E-state index contributed by atoms with van der Waals surface area (Å²) in [6.45, 7) is 2.80. The quantitative estimate of drug-likeness (QED) is 0.384. The lowest BCUT2D eigenvalue weighted by Gasteiger charge is -2.24. The van der Waals surface area contributed by atoms with Gasteiger partial charge in [-0.1, -0.05) is 30.7 Å². The van der Waals surface area contributed by atoms with Gasteiger partial charge < -0.3 is 18.5 Å². The highest BCUT2D eigenvalue weighted by molar-refractivity contribution is 6.31. The van der Waals surface area contributed by atoms with Gasteiger partial charge in [0.25, 0.3) is 5.91 Å². The van der Waals surface area contributed by atoms with Gasteiger partial charge in [-0.15, -0.1) is 0 Å². The predicted octanol–water partition coefficient (Wildman–Crippen LogP) is 5.57. The molecule has 4 aromatic rings. The molecule has 0 saturated heterocycles. The molecule has 3 heterocycles. The van der Waals surface area contributed by atoms with Gasteiger partial charge in [-0.25, -0.2) is 0 Å². The molecule has 0 saturated carbocycles. The molecule has 0 spiro atoms. The van der Waals surface area contributed by atoms with Gasteiger partial charge in [0.2, 0.25) is 5.76 Å². The molecule has 5 rings (SSSR count). The van der Waals surface area contributed by atoms with E-state index in [-0.39, 0.29) is 23.6 Å². The van der Waals surface area contributed by atoms with E-state index in [1.807, 2.05) is 31.2 Å². The first-order chi connectivity index (χ1) is 15.6. The first-order valence-corrected chi connectivity index (χ1v) is 10.8. The first kappa shape index (κ1) is 20.4. The summed E-state index contributed by atoms with van der Waals surface area (Å²) in [4.78, 5) is 28.6. The zero-order chi connectivity index (χ0) is 22.2. The number of hydrogen-bond donors (Lipinski definition) is 0. The van der Waals surface area contributed by atoms with E-state index in [2.05, 4.69) is 0 Å². The summed E-state index contributed by atoms with van der Waals surface area (Å²) in [5.74, 6) is 0.961. The Balaban J connectivity index is 1.70. The minimum atomic E-state index is -0.646. The van der Waals surface area contributed by atoms with Crippen molar-refractivity contribution in [3.05, 3.63) is 98.8 Å². The van der Waals surface area contributed by atoms with Crippen LogP contribution in [0.4, 0.5) is 0 Å². The lowest BCUT2D eigenvalue weighted by molar-refractivity contribution is 0.0701. The molecular weight excluding hydrogens is 430 g/mol. The van der Waals surface area contributed by atoms with E-state index in [1.165, 1.54) is 0 Å². The van der Waals surface area contributed by atoms with Gasteiger partial charge in [0.15, 0.2) is 5.43 Å². The topological polar surface area (TPSA) is 72.9 Å². The van der Waals surface area contributed by atoms with Crippen molar-refractivity contribution in [3.63, 3.8) is 0 Å². The molecule has 2 aromatic carbocycles. The van der Waals surface area contributed by atoms with E-state index >= 15 is 0 Å². The second-order valence-electron chi connectivity index (χ2n) is 7.65. The fraction of sp³-hybridized carbons (Fsp3) is 0.200. The molecule has 7 heteroatoms. The zero-order valence-corrected chi connectivity index (χ0v) is 18.1. The van der Waals surface area contributed by atoms with Crippen LogP contribution < -0.4 is 10.2 Å². The Labute approximate surface area is 189 Å². The van der Waals surface area contributed by atoms with Crippen LogP contribution in [0.1, 0.15) is 46.8 Å². The number of furan rings is 1. The molecule has 6 nitrogen and oxygen atoms in total.